The van der Waals surface area contributed by atoms with Crippen LogP contribution in [-0.2, 0) is 10.0 Å². The molecule has 2 aromatic rings. The summed E-state index contributed by atoms with van der Waals surface area (Å²) in [5, 5.41) is 10.1. The maximum atomic E-state index is 13.1. The monoisotopic (exact) mass is 353 g/mol. The van der Waals surface area contributed by atoms with Gasteiger partial charge in [-0.05, 0) is 42.7 Å². The van der Waals surface area contributed by atoms with Crippen molar-refractivity contribution in [3.05, 3.63) is 53.1 Å². The van der Waals surface area contributed by atoms with Crippen LogP contribution in [0.4, 0.5) is 5.69 Å². The summed E-state index contributed by atoms with van der Waals surface area (Å²) < 4.78 is 27.6. The minimum absolute atomic E-state index is 0.0225. The minimum Gasteiger partial charge on any atom is -0.508 e. The molecule has 0 aromatic heterocycles. The van der Waals surface area contributed by atoms with Gasteiger partial charge in [-0.15, -0.1) is 0 Å². The zero-order valence-electron chi connectivity index (χ0n) is 13.3. The van der Waals surface area contributed by atoms with E-state index >= 15 is 0 Å². The van der Waals surface area contributed by atoms with Crippen LogP contribution in [0.25, 0.3) is 0 Å². The van der Waals surface area contributed by atoms with Gasteiger partial charge in [-0.3, -0.25) is 4.31 Å². The molecule has 0 amide bonds. The van der Waals surface area contributed by atoms with Crippen LogP contribution in [-0.4, -0.2) is 20.1 Å². The zero-order valence-corrected chi connectivity index (χ0v) is 14.9. The lowest BCUT2D eigenvalue weighted by Gasteiger charge is -2.27. The van der Waals surface area contributed by atoms with E-state index in [1.165, 1.54) is 22.5 Å². The first-order chi connectivity index (χ1) is 10.7. The average Bonchev–Trinajstić information content (AvgIpc) is 2.47. The summed E-state index contributed by atoms with van der Waals surface area (Å²) in [5.74, 6) is 0.140. The lowest BCUT2D eigenvalue weighted by Crippen LogP contribution is -2.34. The highest BCUT2D eigenvalue weighted by atomic mass is 35.5. The van der Waals surface area contributed by atoms with E-state index in [-0.39, 0.29) is 16.6 Å². The fraction of sp³-hybridized carbons (Fsp3) is 0.294. The molecule has 0 saturated heterocycles. The van der Waals surface area contributed by atoms with Gasteiger partial charge in [-0.2, -0.15) is 0 Å². The molecule has 0 unspecified atom stereocenters. The molecular weight excluding hydrogens is 334 g/mol. The predicted molar refractivity (Wildman–Crippen MR) is 93.7 cm³/mol. The van der Waals surface area contributed by atoms with Gasteiger partial charge < -0.3 is 5.11 Å². The molecule has 2 rings (SSSR count). The van der Waals surface area contributed by atoms with Crippen LogP contribution in [0.1, 0.15) is 19.4 Å². The number of nitrogens with zero attached hydrogens (tertiary/aromatic N) is 1. The molecule has 0 radical (unpaired) electrons. The first kappa shape index (κ1) is 17.6. The molecule has 2 aromatic carbocycles. The highest BCUT2D eigenvalue weighted by Crippen LogP contribution is 2.30. The van der Waals surface area contributed by atoms with Crippen molar-refractivity contribution in [1.29, 1.82) is 0 Å². The Morgan fingerprint density at radius 1 is 1.17 bits per heavy atom. The summed E-state index contributed by atoms with van der Waals surface area (Å²) >= 11 is 5.98. The Labute approximate surface area is 142 Å². The third-order valence-electron chi connectivity index (χ3n) is 3.37. The number of sulfonamides is 1. The molecule has 0 atom stereocenters. The first-order valence-electron chi connectivity index (χ1n) is 7.29. The third kappa shape index (κ3) is 3.98. The van der Waals surface area contributed by atoms with E-state index in [9.17, 15) is 13.5 Å². The summed E-state index contributed by atoms with van der Waals surface area (Å²) in [4.78, 5) is 0.175. The molecule has 124 valence electrons. The van der Waals surface area contributed by atoms with Gasteiger partial charge in [0.15, 0.2) is 0 Å². The number of anilines is 1. The van der Waals surface area contributed by atoms with Gasteiger partial charge >= 0.3 is 0 Å². The number of rotatable bonds is 5. The summed E-state index contributed by atoms with van der Waals surface area (Å²) in [6.45, 7) is 5.92. The summed E-state index contributed by atoms with van der Waals surface area (Å²) in [6.07, 6.45) is 0. The quantitative estimate of drug-likeness (QED) is 0.876. The van der Waals surface area contributed by atoms with E-state index in [1.807, 2.05) is 13.8 Å². The topological polar surface area (TPSA) is 57.6 Å². The maximum Gasteiger partial charge on any atom is 0.264 e. The number of benzene rings is 2. The maximum absolute atomic E-state index is 13.1. The number of hydrogen-bond acceptors (Lipinski definition) is 3. The Bertz CT molecular complexity index is 803. The molecule has 1 N–H and O–H groups in total. The van der Waals surface area contributed by atoms with Crippen LogP contribution < -0.4 is 4.31 Å². The van der Waals surface area contributed by atoms with Gasteiger partial charge in [-0.1, -0.05) is 37.6 Å². The number of aryl methyl sites for hydroxylation is 1. The van der Waals surface area contributed by atoms with Crippen LogP contribution in [0.15, 0.2) is 47.4 Å². The lowest BCUT2D eigenvalue weighted by molar-refractivity contribution is 0.475. The van der Waals surface area contributed by atoms with Crippen molar-refractivity contribution in [2.24, 2.45) is 5.92 Å². The van der Waals surface area contributed by atoms with Crippen molar-refractivity contribution in [3.8, 4) is 5.75 Å². The van der Waals surface area contributed by atoms with Crippen LogP contribution in [0.5, 0.6) is 5.75 Å². The molecular formula is C17H20ClNO3S. The summed E-state index contributed by atoms with van der Waals surface area (Å²) in [7, 11) is -3.78. The van der Waals surface area contributed by atoms with Gasteiger partial charge in [0.05, 0.1) is 10.6 Å². The summed E-state index contributed by atoms with van der Waals surface area (Å²) in [5.41, 5.74) is 1.06. The van der Waals surface area contributed by atoms with Crippen molar-refractivity contribution in [3.63, 3.8) is 0 Å². The first-order valence-corrected chi connectivity index (χ1v) is 9.11. The fourth-order valence-corrected chi connectivity index (χ4v) is 4.40. The largest absolute Gasteiger partial charge is 0.508 e. The highest BCUT2D eigenvalue weighted by Gasteiger charge is 2.27. The normalized spacial score (nSPS) is 11.7. The molecule has 0 bridgehead atoms. The Hall–Kier alpha value is -1.72. The number of aromatic hydroxyl groups is 1. The molecule has 6 heteroatoms. The molecule has 0 saturated carbocycles. The van der Waals surface area contributed by atoms with Gasteiger partial charge in [-0.25, -0.2) is 8.42 Å². The van der Waals surface area contributed by atoms with E-state index in [0.29, 0.717) is 22.8 Å². The Kier molecular flexibility index (Phi) is 5.22. The van der Waals surface area contributed by atoms with Crippen molar-refractivity contribution >= 4 is 27.3 Å². The Morgan fingerprint density at radius 2 is 1.87 bits per heavy atom. The average molecular weight is 354 g/mol. The van der Waals surface area contributed by atoms with E-state index in [0.717, 1.165) is 0 Å². The van der Waals surface area contributed by atoms with Gasteiger partial charge in [0, 0.05) is 17.6 Å². The van der Waals surface area contributed by atoms with E-state index in [4.69, 9.17) is 11.6 Å². The standard InChI is InChI=1S/C17H20ClNO3S/c1-12(2)11-19(15-5-4-6-16(20)10-15)23(21,22)17-9-14(18)8-7-13(17)3/h4-10,12,20H,11H2,1-3H3. The lowest BCUT2D eigenvalue weighted by atomic mass is 10.2. The van der Waals surface area contributed by atoms with Crippen LogP contribution >= 0.6 is 11.6 Å². The molecule has 0 aliphatic carbocycles. The van der Waals surface area contributed by atoms with E-state index in [1.54, 1.807) is 31.2 Å². The third-order valence-corrected chi connectivity index (χ3v) is 5.54. The zero-order chi connectivity index (χ0) is 17.2. The second-order valence-electron chi connectivity index (χ2n) is 5.86. The highest BCUT2D eigenvalue weighted by molar-refractivity contribution is 7.92. The minimum atomic E-state index is -3.78. The van der Waals surface area contributed by atoms with Gasteiger partial charge in [0.1, 0.15) is 5.75 Å². The number of phenolic OH excluding ortho intramolecular Hbond substituents is 1. The second kappa shape index (κ2) is 6.81. The van der Waals surface area contributed by atoms with Crippen molar-refractivity contribution in [2.75, 3.05) is 10.8 Å². The predicted octanol–water partition coefficient (Wildman–Crippen LogP) is 4.21. The number of hydrogen-bond donors (Lipinski definition) is 1. The van der Waals surface area contributed by atoms with Crippen molar-refractivity contribution < 1.29 is 13.5 Å². The van der Waals surface area contributed by atoms with Gasteiger partial charge in [0.2, 0.25) is 0 Å². The second-order valence-corrected chi connectivity index (χ2v) is 8.13. The fourth-order valence-electron chi connectivity index (χ4n) is 2.29. The van der Waals surface area contributed by atoms with Gasteiger partial charge in [0.25, 0.3) is 10.0 Å². The molecule has 0 aliphatic rings. The Morgan fingerprint density at radius 3 is 2.48 bits per heavy atom. The summed E-state index contributed by atoms with van der Waals surface area (Å²) in [6, 6.07) is 11.1. The number of phenols is 1. The van der Waals surface area contributed by atoms with Crippen molar-refractivity contribution in [1.82, 2.24) is 0 Å². The Balaban J connectivity index is 2.60. The number of halogens is 1. The molecule has 0 spiro atoms. The van der Waals surface area contributed by atoms with Crippen LogP contribution in [0.2, 0.25) is 5.02 Å². The van der Waals surface area contributed by atoms with Crippen molar-refractivity contribution in [2.45, 2.75) is 25.7 Å². The molecule has 0 aliphatic heterocycles. The van der Waals surface area contributed by atoms with E-state index in [2.05, 4.69) is 0 Å². The molecule has 0 fully saturated rings. The van der Waals surface area contributed by atoms with Crippen LogP contribution in [0, 0.1) is 12.8 Å². The molecule has 23 heavy (non-hydrogen) atoms. The van der Waals surface area contributed by atoms with E-state index < -0.39 is 10.0 Å². The molecule has 0 heterocycles. The van der Waals surface area contributed by atoms with Crippen LogP contribution in [0.3, 0.4) is 0 Å². The molecule has 4 nitrogen and oxygen atoms in total. The smallest absolute Gasteiger partial charge is 0.264 e. The SMILES string of the molecule is Cc1ccc(Cl)cc1S(=O)(=O)N(CC(C)C)c1cccc(O)c1.